The normalized spacial score (nSPS) is 9.55. The summed E-state index contributed by atoms with van der Waals surface area (Å²) in [6.07, 6.45) is 3.31. The predicted molar refractivity (Wildman–Crippen MR) is 40.7 cm³/mol. The van der Waals surface area contributed by atoms with Gasteiger partial charge in [0.2, 0.25) is 5.95 Å². The Morgan fingerprint density at radius 1 is 1.45 bits per heavy atom. The lowest BCUT2D eigenvalue weighted by atomic mass is 10.7. The van der Waals surface area contributed by atoms with Crippen LogP contribution in [0.5, 0.6) is 0 Å². The van der Waals surface area contributed by atoms with Crippen molar-refractivity contribution < 1.29 is 4.74 Å². The minimum atomic E-state index is 0.415. The van der Waals surface area contributed by atoms with Crippen molar-refractivity contribution >= 4 is 5.95 Å². The highest BCUT2D eigenvalue weighted by atomic mass is 16.5. The van der Waals surface area contributed by atoms with E-state index in [1.807, 2.05) is 0 Å². The van der Waals surface area contributed by atoms with Crippen LogP contribution in [0.15, 0.2) is 18.5 Å². The van der Waals surface area contributed by atoms with Crippen molar-refractivity contribution in [3.8, 4) is 0 Å². The van der Waals surface area contributed by atoms with Gasteiger partial charge in [-0.2, -0.15) is 0 Å². The lowest BCUT2D eigenvalue weighted by molar-refractivity contribution is 0.182. The Morgan fingerprint density at radius 2 is 2.18 bits per heavy atom. The molecule has 0 radical (unpaired) electrons. The summed E-state index contributed by atoms with van der Waals surface area (Å²) in [7, 11) is 1.60. The van der Waals surface area contributed by atoms with Crippen LogP contribution in [0, 0.1) is 0 Å². The first-order valence-electron chi connectivity index (χ1n) is 3.18. The number of nitrogens with one attached hydrogen (secondary N) is 2. The van der Waals surface area contributed by atoms with Crippen molar-refractivity contribution in [3.63, 3.8) is 0 Å². The number of ether oxygens (including phenoxy) is 1. The van der Waals surface area contributed by atoms with Crippen LogP contribution in [-0.2, 0) is 4.74 Å². The third-order valence-electron chi connectivity index (χ3n) is 0.982. The average Bonchev–Trinajstić information content (AvgIpc) is 2.07. The van der Waals surface area contributed by atoms with E-state index >= 15 is 0 Å². The SMILES string of the molecule is COCNNc1ncccn1. The molecule has 0 saturated heterocycles. The van der Waals surface area contributed by atoms with Crippen LogP contribution >= 0.6 is 0 Å². The van der Waals surface area contributed by atoms with Crippen molar-refractivity contribution in [3.05, 3.63) is 18.5 Å². The highest BCUT2D eigenvalue weighted by Crippen LogP contribution is 1.89. The van der Waals surface area contributed by atoms with Crippen molar-refractivity contribution in [1.82, 2.24) is 15.4 Å². The first kappa shape index (κ1) is 7.90. The Hall–Kier alpha value is -1.20. The molecule has 0 aliphatic heterocycles. The monoisotopic (exact) mass is 154 g/mol. The summed E-state index contributed by atoms with van der Waals surface area (Å²) >= 11 is 0. The molecule has 1 heterocycles. The van der Waals surface area contributed by atoms with Gasteiger partial charge in [-0.3, -0.25) is 5.43 Å². The van der Waals surface area contributed by atoms with Gasteiger partial charge in [-0.05, 0) is 6.07 Å². The molecule has 60 valence electrons. The molecular formula is C6H10N4O. The van der Waals surface area contributed by atoms with E-state index in [0.717, 1.165) is 0 Å². The summed E-state index contributed by atoms with van der Waals surface area (Å²) in [4.78, 5) is 7.82. The topological polar surface area (TPSA) is 59.1 Å². The summed E-state index contributed by atoms with van der Waals surface area (Å²) in [6, 6.07) is 1.75. The van der Waals surface area contributed by atoms with E-state index in [-0.39, 0.29) is 0 Å². The van der Waals surface area contributed by atoms with E-state index in [4.69, 9.17) is 4.74 Å². The maximum absolute atomic E-state index is 4.73. The second-order valence-corrected chi connectivity index (χ2v) is 1.81. The van der Waals surface area contributed by atoms with Gasteiger partial charge in [0, 0.05) is 19.5 Å². The number of aromatic nitrogens is 2. The van der Waals surface area contributed by atoms with Gasteiger partial charge in [0.05, 0.1) is 0 Å². The molecule has 0 fully saturated rings. The second-order valence-electron chi connectivity index (χ2n) is 1.81. The predicted octanol–water partition coefficient (Wildman–Crippen LogP) is -0.00300. The molecule has 0 spiro atoms. The number of nitrogens with zero attached hydrogens (tertiary/aromatic N) is 2. The van der Waals surface area contributed by atoms with Crippen LogP contribution in [0.1, 0.15) is 0 Å². The van der Waals surface area contributed by atoms with Crippen molar-refractivity contribution in [1.29, 1.82) is 0 Å². The van der Waals surface area contributed by atoms with Gasteiger partial charge >= 0.3 is 0 Å². The van der Waals surface area contributed by atoms with E-state index in [1.165, 1.54) is 0 Å². The summed E-state index contributed by atoms with van der Waals surface area (Å²) in [5, 5.41) is 0. The van der Waals surface area contributed by atoms with Crippen molar-refractivity contribution in [2.75, 3.05) is 19.3 Å². The molecular weight excluding hydrogens is 144 g/mol. The van der Waals surface area contributed by atoms with Gasteiger partial charge < -0.3 is 4.74 Å². The lowest BCUT2D eigenvalue weighted by Gasteiger charge is -2.03. The molecule has 0 aromatic carbocycles. The summed E-state index contributed by atoms with van der Waals surface area (Å²) < 4.78 is 4.73. The summed E-state index contributed by atoms with van der Waals surface area (Å²) in [5.41, 5.74) is 5.50. The minimum Gasteiger partial charge on any atom is -0.368 e. The molecule has 0 bridgehead atoms. The Labute approximate surface area is 64.8 Å². The molecule has 5 nitrogen and oxygen atoms in total. The molecule has 0 unspecified atom stereocenters. The smallest absolute Gasteiger partial charge is 0.237 e. The fourth-order valence-corrected chi connectivity index (χ4v) is 0.551. The highest BCUT2D eigenvalue weighted by Gasteiger charge is 1.88. The first-order chi connectivity index (χ1) is 5.43. The van der Waals surface area contributed by atoms with Gasteiger partial charge in [-0.25, -0.2) is 15.4 Å². The van der Waals surface area contributed by atoms with Crippen LogP contribution in [0.25, 0.3) is 0 Å². The second kappa shape index (κ2) is 4.59. The Kier molecular flexibility index (Phi) is 3.30. The van der Waals surface area contributed by atoms with Gasteiger partial charge in [0.15, 0.2) is 0 Å². The van der Waals surface area contributed by atoms with Gasteiger partial charge in [-0.1, -0.05) is 0 Å². The average molecular weight is 154 g/mol. The van der Waals surface area contributed by atoms with Gasteiger partial charge in [-0.15, -0.1) is 0 Å². The van der Waals surface area contributed by atoms with E-state index in [0.29, 0.717) is 12.7 Å². The van der Waals surface area contributed by atoms with Crippen LogP contribution in [0.3, 0.4) is 0 Å². The standard InChI is InChI=1S/C6H10N4O/c1-11-5-9-10-6-7-3-2-4-8-6/h2-4,9H,5H2,1H3,(H,7,8,10). The Bertz CT molecular complexity index is 191. The molecule has 0 aliphatic carbocycles. The zero-order valence-corrected chi connectivity index (χ0v) is 6.24. The van der Waals surface area contributed by atoms with E-state index in [1.54, 1.807) is 25.6 Å². The van der Waals surface area contributed by atoms with Crippen molar-refractivity contribution in [2.45, 2.75) is 0 Å². The number of hydrogen-bond donors (Lipinski definition) is 2. The lowest BCUT2D eigenvalue weighted by Crippen LogP contribution is -2.24. The fraction of sp³-hybridized carbons (Fsp3) is 0.333. The maximum atomic E-state index is 4.73. The largest absolute Gasteiger partial charge is 0.368 e. The Morgan fingerprint density at radius 3 is 2.82 bits per heavy atom. The number of anilines is 1. The number of rotatable bonds is 4. The minimum absolute atomic E-state index is 0.415. The zero-order valence-electron chi connectivity index (χ0n) is 6.24. The number of hydrogen-bond acceptors (Lipinski definition) is 5. The molecule has 0 atom stereocenters. The molecule has 5 heteroatoms. The number of methoxy groups -OCH3 is 1. The summed E-state index contributed by atoms with van der Waals surface area (Å²) in [5.74, 6) is 0.532. The van der Waals surface area contributed by atoms with Crippen molar-refractivity contribution in [2.24, 2.45) is 0 Å². The molecule has 1 aromatic rings. The van der Waals surface area contributed by atoms with Crippen LogP contribution in [0.4, 0.5) is 5.95 Å². The molecule has 11 heavy (non-hydrogen) atoms. The van der Waals surface area contributed by atoms with Gasteiger partial charge in [0.25, 0.3) is 0 Å². The number of hydrazine groups is 1. The first-order valence-corrected chi connectivity index (χ1v) is 3.18. The summed E-state index contributed by atoms with van der Waals surface area (Å²) in [6.45, 7) is 0.415. The van der Waals surface area contributed by atoms with Crippen LogP contribution in [0.2, 0.25) is 0 Å². The Balaban J connectivity index is 2.28. The molecule has 0 saturated carbocycles. The third-order valence-corrected chi connectivity index (χ3v) is 0.982. The molecule has 1 rings (SSSR count). The van der Waals surface area contributed by atoms with E-state index < -0.39 is 0 Å². The van der Waals surface area contributed by atoms with Crippen LogP contribution in [-0.4, -0.2) is 23.8 Å². The quantitative estimate of drug-likeness (QED) is 0.363. The van der Waals surface area contributed by atoms with Gasteiger partial charge in [0.1, 0.15) is 6.73 Å². The maximum Gasteiger partial charge on any atom is 0.237 e. The molecule has 0 aliphatic rings. The molecule has 0 amide bonds. The molecule has 2 N–H and O–H groups in total. The fourth-order valence-electron chi connectivity index (χ4n) is 0.551. The highest BCUT2D eigenvalue weighted by molar-refractivity contribution is 5.19. The molecule has 1 aromatic heterocycles. The van der Waals surface area contributed by atoms with E-state index in [2.05, 4.69) is 20.8 Å². The third kappa shape index (κ3) is 2.92. The zero-order chi connectivity index (χ0) is 7.94. The van der Waals surface area contributed by atoms with Crippen LogP contribution < -0.4 is 10.9 Å². The van der Waals surface area contributed by atoms with E-state index in [9.17, 15) is 0 Å².